The molecule has 252 valence electrons. The van der Waals surface area contributed by atoms with Crippen LogP contribution in [0.1, 0.15) is 67.1 Å². The Morgan fingerprint density at radius 2 is 0.800 bits per heavy atom. The summed E-state index contributed by atoms with van der Waals surface area (Å²) >= 11 is 0. The molecule has 0 bridgehead atoms. The molecule has 0 N–H and O–H groups in total. The zero-order valence-corrected chi connectivity index (χ0v) is 26.4. The Balaban J connectivity index is 1.40. The van der Waals surface area contributed by atoms with Crippen LogP contribution in [-0.4, -0.2) is 83.6 Å². The van der Waals surface area contributed by atoms with Gasteiger partial charge < -0.3 is 29.3 Å². The Hall–Kier alpha value is -6.44. The van der Waals surface area contributed by atoms with E-state index in [-0.39, 0.29) is 45.9 Å². The molecule has 0 fully saturated rings. The van der Waals surface area contributed by atoms with E-state index in [0.717, 1.165) is 14.2 Å². The van der Waals surface area contributed by atoms with Crippen LogP contribution in [0.25, 0.3) is 43.1 Å². The van der Waals surface area contributed by atoms with Crippen LogP contribution >= 0.6 is 0 Å². The van der Waals surface area contributed by atoms with Crippen molar-refractivity contribution in [3.63, 3.8) is 0 Å². The van der Waals surface area contributed by atoms with Crippen molar-refractivity contribution < 1.29 is 58.0 Å². The van der Waals surface area contributed by atoms with Gasteiger partial charge in [0.25, 0.3) is 23.6 Å². The van der Waals surface area contributed by atoms with E-state index in [2.05, 4.69) is 9.47 Å². The molecule has 14 nitrogen and oxygen atoms in total. The van der Waals surface area contributed by atoms with Gasteiger partial charge in [-0.05, 0) is 69.4 Å². The zero-order chi connectivity index (χ0) is 35.8. The molecule has 0 saturated heterocycles. The van der Waals surface area contributed by atoms with Gasteiger partial charge in [-0.15, -0.1) is 0 Å². The Kier molecular flexibility index (Phi) is 7.46. The highest BCUT2D eigenvalue weighted by atomic mass is 16.5. The second-order valence-corrected chi connectivity index (χ2v) is 12.0. The van der Waals surface area contributed by atoms with Crippen LogP contribution in [0.2, 0.25) is 0 Å². The summed E-state index contributed by atoms with van der Waals surface area (Å²) in [7, 11) is 2.26. The van der Waals surface area contributed by atoms with Crippen LogP contribution < -0.4 is 10.2 Å². The number of ether oxygens (including phenoxy) is 2. The van der Waals surface area contributed by atoms with E-state index >= 15 is 0 Å². The molecule has 5 aromatic carbocycles. The van der Waals surface area contributed by atoms with E-state index in [9.17, 15) is 48.6 Å². The number of imide groups is 2. The van der Waals surface area contributed by atoms with E-state index in [1.165, 1.54) is 24.3 Å². The third kappa shape index (κ3) is 4.48. The number of rotatable bonds is 10. The molecule has 4 amide bonds. The molecule has 5 aromatic rings. The van der Waals surface area contributed by atoms with E-state index in [1.54, 1.807) is 24.3 Å². The molecule has 0 aromatic heterocycles. The summed E-state index contributed by atoms with van der Waals surface area (Å²) in [4.78, 5) is 104. The number of esters is 2. The molecule has 0 radical (unpaired) electrons. The van der Waals surface area contributed by atoms with Gasteiger partial charge in [0.05, 0.1) is 38.2 Å². The van der Waals surface area contributed by atoms with Gasteiger partial charge in [0.2, 0.25) is 0 Å². The first-order valence-corrected chi connectivity index (χ1v) is 15.4. The molecule has 14 heteroatoms. The van der Waals surface area contributed by atoms with Crippen molar-refractivity contribution in [1.82, 2.24) is 9.80 Å². The van der Waals surface area contributed by atoms with Crippen molar-refractivity contribution in [2.75, 3.05) is 14.2 Å². The number of methoxy groups -OCH3 is 2. The molecule has 2 heterocycles. The number of carbonyl (C=O) groups is 8. The highest BCUT2D eigenvalue weighted by Gasteiger charge is 2.41. The number of hydrogen-bond donors (Lipinski definition) is 0. The highest BCUT2D eigenvalue weighted by molar-refractivity contribution is 6.41. The Morgan fingerprint density at radius 3 is 1.04 bits per heavy atom. The van der Waals surface area contributed by atoms with Gasteiger partial charge >= 0.3 is 11.9 Å². The van der Waals surface area contributed by atoms with Gasteiger partial charge in [0.15, 0.2) is 0 Å². The second-order valence-electron chi connectivity index (χ2n) is 12.0. The molecule has 0 aliphatic carbocycles. The fourth-order valence-electron chi connectivity index (χ4n) is 7.29. The maximum Gasteiger partial charge on any atom is 0.305 e. The topological polar surface area (TPSA) is 208 Å². The highest BCUT2D eigenvalue weighted by Crippen LogP contribution is 2.46. The SMILES string of the molecule is COC(=O)CCC(C(=O)[O-])N1C(=O)c2ccc3c4ccc5c6c(ccc(c7ccc(c2c37)C1=O)c64)C(=O)N(C(CCC(=O)OC)C(=O)[O-])C5=O. The molecule has 0 spiro atoms. The summed E-state index contributed by atoms with van der Waals surface area (Å²) in [5.41, 5.74) is 0.222. The van der Waals surface area contributed by atoms with Gasteiger partial charge in [0.1, 0.15) is 0 Å². The molecule has 2 atom stereocenters. The molecular weight excluding hydrogens is 652 g/mol. The Morgan fingerprint density at radius 1 is 0.520 bits per heavy atom. The lowest BCUT2D eigenvalue weighted by atomic mass is 9.82. The van der Waals surface area contributed by atoms with Gasteiger partial charge in [-0.3, -0.25) is 38.6 Å². The smallest absolute Gasteiger partial charge is 0.305 e. The van der Waals surface area contributed by atoms with E-state index in [1.807, 2.05) is 0 Å². The van der Waals surface area contributed by atoms with Crippen molar-refractivity contribution in [3.05, 3.63) is 70.8 Å². The van der Waals surface area contributed by atoms with E-state index < -0.39 is 72.4 Å². The first-order chi connectivity index (χ1) is 23.9. The number of hydrogen-bond acceptors (Lipinski definition) is 12. The quantitative estimate of drug-likeness (QED) is 0.0881. The second kappa shape index (κ2) is 11.6. The molecular formula is C36H24N2O12-2. The summed E-state index contributed by atoms with van der Waals surface area (Å²) in [5, 5.41) is 28.2. The lowest BCUT2D eigenvalue weighted by Crippen LogP contribution is -2.54. The number of benzene rings is 5. The van der Waals surface area contributed by atoms with Crippen LogP contribution in [0.4, 0.5) is 0 Å². The van der Waals surface area contributed by atoms with Crippen LogP contribution in [0.15, 0.2) is 48.5 Å². The van der Waals surface area contributed by atoms with Crippen molar-refractivity contribution in [3.8, 4) is 0 Å². The third-order valence-electron chi connectivity index (χ3n) is 9.57. The summed E-state index contributed by atoms with van der Waals surface area (Å²) in [6, 6.07) is 8.88. The number of carboxylic acids is 2. The van der Waals surface area contributed by atoms with Gasteiger partial charge in [0, 0.05) is 45.9 Å². The minimum absolute atomic E-state index is 0.0554. The third-order valence-corrected chi connectivity index (χ3v) is 9.57. The first-order valence-electron chi connectivity index (χ1n) is 15.4. The number of carboxylic acid groups (broad SMARTS) is 2. The summed E-state index contributed by atoms with van der Waals surface area (Å²) in [5.74, 6) is -8.40. The number of nitrogens with zero attached hydrogens (tertiary/aromatic N) is 2. The zero-order valence-electron chi connectivity index (χ0n) is 26.4. The molecule has 2 aliphatic rings. The largest absolute Gasteiger partial charge is 0.548 e. The summed E-state index contributed by atoms with van der Waals surface area (Å²) in [6.45, 7) is 0. The minimum Gasteiger partial charge on any atom is -0.548 e. The number of fused-ring (bicyclic) bond motifs is 2. The maximum atomic E-state index is 13.8. The van der Waals surface area contributed by atoms with Crippen molar-refractivity contribution in [2.45, 2.75) is 37.8 Å². The average molecular weight is 677 g/mol. The Bertz CT molecular complexity index is 2130. The maximum absolute atomic E-state index is 13.8. The lowest BCUT2D eigenvalue weighted by Gasteiger charge is -2.35. The molecule has 50 heavy (non-hydrogen) atoms. The van der Waals surface area contributed by atoms with E-state index in [4.69, 9.17) is 0 Å². The molecule has 7 rings (SSSR count). The normalized spacial score (nSPS) is 15.3. The predicted molar refractivity (Wildman–Crippen MR) is 169 cm³/mol. The Labute approximate surface area is 281 Å². The monoisotopic (exact) mass is 676 g/mol. The van der Waals surface area contributed by atoms with Crippen molar-refractivity contribution in [1.29, 1.82) is 0 Å². The van der Waals surface area contributed by atoms with Crippen LogP contribution in [-0.2, 0) is 28.7 Å². The number of aliphatic carboxylic acids is 2. The van der Waals surface area contributed by atoms with Gasteiger partial charge in [-0.1, -0.05) is 24.3 Å². The van der Waals surface area contributed by atoms with Crippen LogP contribution in [0.3, 0.4) is 0 Å². The van der Waals surface area contributed by atoms with Crippen LogP contribution in [0.5, 0.6) is 0 Å². The van der Waals surface area contributed by atoms with Crippen molar-refractivity contribution >= 4 is 90.6 Å². The predicted octanol–water partition coefficient (Wildman–Crippen LogP) is 1.07. The molecule has 2 unspecified atom stereocenters. The number of carbonyl (C=O) groups excluding carboxylic acids is 8. The van der Waals surface area contributed by atoms with E-state index in [0.29, 0.717) is 42.1 Å². The molecule has 0 saturated carbocycles. The summed E-state index contributed by atoms with van der Waals surface area (Å²) in [6.07, 6.45) is -1.57. The minimum atomic E-state index is -1.74. The first kappa shape index (κ1) is 32.1. The standard InChI is InChI=1S/C36H26N2O12/c1-49-25(39)13-11-23(35(45)46)37-31(41)19-7-3-15-17-5-9-21-30-22(34(44)38(33(21)43)24(36(47)48)12-14-26(40)50-2)10-6-18(28(17)30)16-4-8-20(32(37)42)29(19)27(15)16/h3-10,23-24H,11-14H2,1-2H3,(H,45,46)(H,47,48)/p-2. The molecule has 2 aliphatic heterocycles. The lowest BCUT2D eigenvalue weighted by molar-refractivity contribution is -0.311. The fraction of sp³-hybridized carbons (Fsp3) is 0.222. The number of amides is 4. The van der Waals surface area contributed by atoms with Crippen LogP contribution in [0, 0.1) is 0 Å². The van der Waals surface area contributed by atoms with Gasteiger partial charge in [-0.2, -0.15) is 0 Å². The fourth-order valence-corrected chi connectivity index (χ4v) is 7.29. The summed E-state index contributed by atoms with van der Waals surface area (Å²) < 4.78 is 9.17. The average Bonchev–Trinajstić information content (AvgIpc) is 3.10. The van der Waals surface area contributed by atoms with Gasteiger partial charge in [-0.25, -0.2) is 0 Å². The van der Waals surface area contributed by atoms with Crippen molar-refractivity contribution in [2.24, 2.45) is 0 Å².